The first-order valence-corrected chi connectivity index (χ1v) is 7.17. The standard InChI is InChI=1S/C12H20N2O2S.ClH/c1-10-5-4-6-11(7-10)8-17(15,16)14-12(2,3)9-13;/h4-7,14H,8-9,13H2,1-3H3;1H. The van der Waals surface area contributed by atoms with Crippen LogP contribution in [-0.2, 0) is 15.8 Å². The smallest absolute Gasteiger partial charge is 0.216 e. The third-order valence-electron chi connectivity index (χ3n) is 2.38. The molecule has 0 saturated heterocycles. The molecule has 0 atom stereocenters. The Kier molecular flexibility index (Phi) is 6.29. The molecule has 0 bridgehead atoms. The number of sulfonamides is 1. The fourth-order valence-corrected chi connectivity index (χ4v) is 3.14. The van der Waals surface area contributed by atoms with Crippen LogP contribution in [-0.4, -0.2) is 20.5 Å². The van der Waals surface area contributed by atoms with E-state index in [1.54, 1.807) is 13.8 Å². The molecule has 1 aromatic carbocycles. The minimum atomic E-state index is -3.35. The zero-order chi connectivity index (χ0) is 13.1. The molecule has 0 unspecified atom stereocenters. The van der Waals surface area contributed by atoms with E-state index in [2.05, 4.69) is 4.72 Å². The maximum absolute atomic E-state index is 11.9. The van der Waals surface area contributed by atoms with Gasteiger partial charge in [0.05, 0.1) is 5.75 Å². The molecule has 3 N–H and O–H groups in total. The SMILES string of the molecule is Cc1cccc(CS(=O)(=O)NC(C)(C)CN)c1.Cl. The molecule has 0 amide bonds. The molecule has 0 heterocycles. The van der Waals surface area contributed by atoms with Gasteiger partial charge in [-0.05, 0) is 26.3 Å². The summed E-state index contributed by atoms with van der Waals surface area (Å²) in [6.45, 7) is 5.73. The molecule has 0 saturated carbocycles. The summed E-state index contributed by atoms with van der Waals surface area (Å²) in [5.41, 5.74) is 6.73. The molecule has 4 nitrogen and oxygen atoms in total. The average Bonchev–Trinajstić information content (AvgIpc) is 2.15. The second-order valence-electron chi connectivity index (χ2n) is 4.94. The van der Waals surface area contributed by atoms with Gasteiger partial charge >= 0.3 is 0 Å². The van der Waals surface area contributed by atoms with Crippen molar-refractivity contribution >= 4 is 22.4 Å². The lowest BCUT2D eigenvalue weighted by Crippen LogP contribution is -2.49. The Hall–Kier alpha value is -0.620. The molecule has 0 spiro atoms. The van der Waals surface area contributed by atoms with Crippen molar-refractivity contribution in [2.45, 2.75) is 32.1 Å². The third kappa shape index (κ3) is 5.82. The number of aryl methyl sites for hydroxylation is 1. The molecule has 0 aliphatic heterocycles. The lowest BCUT2D eigenvalue weighted by atomic mass is 10.1. The highest BCUT2D eigenvalue weighted by Gasteiger charge is 2.23. The molecule has 0 aliphatic carbocycles. The Bertz CT molecular complexity index is 487. The summed E-state index contributed by atoms with van der Waals surface area (Å²) in [6.07, 6.45) is 0. The Morgan fingerprint density at radius 3 is 2.44 bits per heavy atom. The van der Waals surface area contributed by atoms with Gasteiger partial charge in [0.1, 0.15) is 0 Å². The van der Waals surface area contributed by atoms with Crippen molar-refractivity contribution in [2.75, 3.05) is 6.54 Å². The summed E-state index contributed by atoms with van der Waals surface area (Å²) in [7, 11) is -3.35. The number of benzene rings is 1. The van der Waals surface area contributed by atoms with Gasteiger partial charge in [-0.15, -0.1) is 12.4 Å². The van der Waals surface area contributed by atoms with Crippen LogP contribution >= 0.6 is 12.4 Å². The van der Waals surface area contributed by atoms with E-state index < -0.39 is 15.6 Å². The lowest BCUT2D eigenvalue weighted by Gasteiger charge is -2.23. The van der Waals surface area contributed by atoms with E-state index in [-0.39, 0.29) is 24.7 Å². The fourth-order valence-electron chi connectivity index (χ4n) is 1.52. The van der Waals surface area contributed by atoms with Crippen molar-refractivity contribution in [3.05, 3.63) is 35.4 Å². The van der Waals surface area contributed by atoms with Gasteiger partial charge in [0.2, 0.25) is 10.0 Å². The minimum Gasteiger partial charge on any atom is -0.329 e. The monoisotopic (exact) mass is 292 g/mol. The van der Waals surface area contributed by atoms with Crippen molar-refractivity contribution in [2.24, 2.45) is 5.73 Å². The van der Waals surface area contributed by atoms with Gasteiger partial charge in [-0.3, -0.25) is 0 Å². The van der Waals surface area contributed by atoms with Crippen molar-refractivity contribution in [3.8, 4) is 0 Å². The minimum absolute atomic E-state index is 0. The first-order chi connectivity index (χ1) is 7.74. The summed E-state index contributed by atoms with van der Waals surface area (Å²) < 4.78 is 26.4. The Morgan fingerprint density at radius 1 is 1.33 bits per heavy atom. The van der Waals surface area contributed by atoms with Gasteiger partial charge in [-0.1, -0.05) is 29.8 Å². The van der Waals surface area contributed by atoms with Gasteiger partial charge in [-0.2, -0.15) is 0 Å². The summed E-state index contributed by atoms with van der Waals surface area (Å²) in [6, 6.07) is 7.47. The van der Waals surface area contributed by atoms with Crippen LogP contribution in [0, 0.1) is 6.92 Å². The molecule has 104 valence electrons. The molecule has 0 aromatic heterocycles. The maximum Gasteiger partial charge on any atom is 0.216 e. The molecule has 6 heteroatoms. The summed E-state index contributed by atoms with van der Waals surface area (Å²) in [5.74, 6) is -0.0158. The first-order valence-electron chi connectivity index (χ1n) is 5.51. The summed E-state index contributed by atoms with van der Waals surface area (Å²) in [5, 5.41) is 0. The second-order valence-corrected chi connectivity index (χ2v) is 6.66. The number of nitrogens with one attached hydrogen (secondary N) is 1. The van der Waals surface area contributed by atoms with E-state index >= 15 is 0 Å². The Balaban J connectivity index is 0.00000289. The predicted molar refractivity (Wildman–Crippen MR) is 77.3 cm³/mol. The normalized spacial score (nSPS) is 12.0. The number of hydrogen-bond donors (Lipinski definition) is 2. The van der Waals surface area contributed by atoms with Gasteiger partial charge in [0, 0.05) is 12.1 Å². The van der Waals surface area contributed by atoms with Crippen LogP contribution in [0.2, 0.25) is 0 Å². The number of hydrogen-bond acceptors (Lipinski definition) is 3. The highest BCUT2D eigenvalue weighted by atomic mass is 35.5. The zero-order valence-corrected chi connectivity index (χ0v) is 12.6. The highest BCUT2D eigenvalue weighted by molar-refractivity contribution is 7.88. The van der Waals surface area contributed by atoms with Gasteiger partial charge in [-0.25, -0.2) is 13.1 Å². The highest BCUT2D eigenvalue weighted by Crippen LogP contribution is 2.10. The van der Waals surface area contributed by atoms with E-state index in [1.807, 2.05) is 31.2 Å². The average molecular weight is 293 g/mol. The maximum atomic E-state index is 11.9. The van der Waals surface area contributed by atoms with Crippen LogP contribution in [0.1, 0.15) is 25.0 Å². The van der Waals surface area contributed by atoms with Crippen molar-refractivity contribution in [3.63, 3.8) is 0 Å². The molecule has 0 aliphatic rings. The largest absolute Gasteiger partial charge is 0.329 e. The summed E-state index contributed by atoms with van der Waals surface area (Å²) in [4.78, 5) is 0. The molecule has 1 aromatic rings. The Morgan fingerprint density at radius 2 is 1.94 bits per heavy atom. The van der Waals surface area contributed by atoms with Crippen molar-refractivity contribution < 1.29 is 8.42 Å². The van der Waals surface area contributed by atoms with Crippen molar-refractivity contribution in [1.29, 1.82) is 0 Å². The Labute approximate surface area is 115 Å². The van der Waals surface area contributed by atoms with Crippen LogP contribution in [0.5, 0.6) is 0 Å². The molecular formula is C12H21ClN2O2S. The predicted octanol–water partition coefficient (Wildman–Crippen LogP) is 1.57. The van der Waals surface area contributed by atoms with E-state index in [0.717, 1.165) is 11.1 Å². The van der Waals surface area contributed by atoms with E-state index in [4.69, 9.17) is 5.73 Å². The molecule has 18 heavy (non-hydrogen) atoms. The number of halogens is 1. The van der Waals surface area contributed by atoms with E-state index in [1.165, 1.54) is 0 Å². The zero-order valence-electron chi connectivity index (χ0n) is 10.9. The number of rotatable bonds is 5. The van der Waals surface area contributed by atoms with Crippen LogP contribution in [0.15, 0.2) is 24.3 Å². The van der Waals surface area contributed by atoms with Gasteiger partial charge < -0.3 is 5.73 Å². The third-order valence-corrected chi connectivity index (χ3v) is 3.96. The molecule has 1 rings (SSSR count). The van der Waals surface area contributed by atoms with Gasteiger partial charge in [0.15, 0.2) is 0 Å². The number of nitrogens with two attached hydrogens (primary N) is 1. The molecule has 0 radical (unpaired) electrons. The molecule has 0 fully saturated rings. The lowest BCUT2D eigenvalue weighted by molar-refractivity contribution is 0.462. The van der Waals surface area contributed by atoms with Crippen LogP contribution in [0.4, 0.5) is 0 Å². The van der Waals surface area contributed by atoms with Gasteiger partial charge in [0.25, 0.3) is 0 Å². The van der Waals surface area contributed by atoms with E-state index in [9.17, 15) is 8.42 Å². The van der Waals surface area contributed by atoms with Crippen LogP contribution in [0.25, 0.3) is 0 Å². The summed E-state index contributed by atoms with van der Waals surface area (Å²) >= 11 is 0. The van der Waals surface area contributed by atoms with E-state index in [0.29, 0.717) is 0 Å². The first kappa shape index (κ1) is 17.4. The van der Waals surface area contributed by atoms with Crippen LogP contribution < -0.4 is 10.5 Å². The topological polar surface area (TPSA) is 72.2 Å². The fraction of sp³-hybridized carbons (Fsp3) is 0.500. The van der Waals surface area contributed by atoms with Crippen LogP contribution in [0.3, 0.4) is 0 Å². The second kappa shape index (κ2) is 6.52. The van der Waals surface area contributed by atoms with Crippen molar-refractivity contribution in [1.82, 2.24) is 4.72 Å². The molecular weight excluding hydrogens is 272 g/mol. The quantitative estimate of drug-likeness (QED) is 0.865.